The van der Waals surface area contributed by atoms with Gasteiger partial charge in [0.2, 0.25) is 5.91 Å². The molecule has 23 heavy (non-hydrogen) atoms. The van der Waals surface area contributed by atoms with E-state index < -0.39 is 11.6 Å². The molecular weight excluding hydrogens is 301 g/mol. The van der Waals surface area contributed by atoms with Crippen LogP contribution in [-0.4, -0.2) is 25.1 Å². The summed E-state index contributed by atoms with van der Waals surface area (Å²) < 4.78 is 15.7. The van der Waals surface area contributed by atoms with E-state index in [1.807, 2.05) is 0 Å². The van der Waals surface area contributed by atoms with Crippen LogP contribution >= 0.6 is 0 Å². The smallest absolute Gasteiger partial charge is 0.350 e. The molecule has 0 aliphatic heterocycles. The molecule has 1 amide bonds. The van der Waals surface area contributed by atoms with Gasteiger partial charge in [0.25, 0.3) is 5.78 Å². The molecule has 0 aliphatic rings. The van der Waals surface area contributed by atoms with E-state index in [-0.39, 0.29) is 24.7 Å². The maximum Gasteiger partial charge on any atom is 0.352 e. The van der Waals surface area contributed by atoms with Crippen molar-refractivity contribution in [3.05, 3.63) is 64.1 Å². The molecular formula is C15H14FN5O2. The molecule has 0 saturated carbocycles. The second kappa shape index (κ2) is 5.99. The molecule has 0 atom stereocenters. The number of aromatic nitrogens is 4. The van der Waals surface area contributed by atoms with Crippen LogP contribution in [0.5, 0.6) is 0 Å². The number of fused-ring (bicyclic) bond motifs is 1. The van der Waals surface area contributed by atoms with Gasteiger partial charge in [-0.05, 0) is 30.2 Å². The number of aryl methyl sites for hydroxylation is 1. The normalized spacial score (nSPS) is 10.9. The van der Waals surface area contributed by atoms with Crippen molar-refractivity contribution in [2.24, 2.45) is 0 Å². The topological polar surface area (TPSA) is 81.3 Å². The molecule has 0 bridgehead atoms. The van der Waals surface area contributed by atoms with Gasteiger partial charge in [-0.1, -0.05) is 12.1 Å². The highest BCUT2D eigenvalue weighted by atomic mass is 19.1. The number of benzene rings is 1. The van der Waals surface area contributed by atoms with Crippen molar-refractivity contribution in [3.8, 4) is 0 Å². The number of rotatable bonds is 4. The van der Waals surface area contributed by atoms with E-state index in [0.29, 0.717) is 11.1 Å². The Morgan fingerprint density at radius 2 is 2.22 bits per heavy atom. The number of nitrogens with zero attached hydrogens (tertiary/aromatic N) is 4. The lowest BCUT2D eigenvalue weighted by Crippen LogP contribution is -2.32. The zero-order valence-corrected chi connectivity index (χ0v) is 12.4. The van der Waals surface area contributed by atoms with E-state index in [1.54, 1.807) is 25.1 Å². The van der Waals surface area contributed by atoms with Crippen molar-refractivity contribution in [2.45, 2.75) is 20.0 Å². The van der Waals surface area contributed by atoms with Crippen molar-refractivity contribution < 1.29 is 9.18 Å². The molecule has 3 rings (SSSR count). The van der Waals surface area contributed by atoms with Crippen molar-refractivity contribution in [1.29, 1.82) is 0 Å². The Hall–Kier alpha value is -3.03. The van der Waals surface area contributed by atoms with Gasteiger partial charge in [0.05, 0.1) is 0 Å². The Bertz CT molecular complexity index is 931. The summed E-state index contributed by atoms with van der Waals surface area (Å²) in [6, 6.07) is 6.36. The number of amides is 1. The second-order valence-corrected chi connectivity index (χ2v) is 5.09. The first-order valence-corrected chi connectivity index (χ1v) is 6.96. The summed E-state index contributed by atoms with van der Waals surface area (Å²) in [5.41, 5.74) is 0.749. The molecule has 0 unspecified atom stereocenters. The summed E-state index contributed by atoms with van der Waals surface area (Å²) in [6.07, 6.45) is 3.04. The first-order valence-electron chi connectivity index (χ1n) is 6.96. The van der Waals surface area contributed by atoms with Crippen LogP contribution < -0.4 is 11.0 Å². The first-order chi connectivity index (χ1) is 11.0. The zero-order valence-electron chi connectivity index (χ0n) is 12.4. The summed E-state index contributed by atoms with van der Waals surface area (Å²) in [5, 5.41) is 6.60. The second-order valence-electron chi connectivity index (χ2n) is 5.09. The molecule has 8 heteroatoms. The molecule has 2 heterocycles. The Kier molecular flexibility index (Phi) is 3.88. The largest absolute Gasteiger partial charge is 0.352 e. The minimum atomic E-state index is -0.440. The van der Waals surface area contributed by atoms with E-state index in [9.17, 15) is 14.0 Å². The van der Waals surface area contributed by atoms with Crippen LogP contribution in [-0.2, 0) is 17.9 Å². The predicted molar refractivity (Wildman–Crippen MR) is 80.2 cm³/mol. The molecule has 118 valence electrons. The molecule has 3 aromatic rings. The van der Waals surface area contributed by atoms with Gasteiger partial charge in [-0.15, -0.1) is 5.10 Å². The van der Waals surface area contributed by atoms with E-state index in [2.05, 4.69) is 15.4 Å². The lowest BCUT2D eigenvalue weighted by Gasteiger charge is -2.06. The van der Waals surface area contributed by atoms with E-state index in [1.165, 1.54) is 22.9 Å². The average molecular weight is 315 g/mol. The Balaban J connectivity index is 1.67. The fraction of sp³-hybridized carbons (Fsp3) is 0.200. The summed E-state index contributed by atoms with van der Waals surface area (Å²) in [6.45, 7) is 1.62. The molecule has 0 aliphatic carbocycles. The van der Waals surface area contributed by atoms with Crippen LogP contribution in [0.1, 0.15) is 11.1 Å². The summed E-state index contributed by atoms with van der Waals surface area (Å²) >= 11 is 0. The third-order valence-corrected chi connectivity index (χ3v) is 3.38. The van der Waals surface area contributed by atoms with E-state index >= 15 is 0 Å². The van der Waals surface area contributed by atoms with E-state index in [0.717, 1.165) is 4.68 Å². The van der Waals surface area contributed by atoms with Gasteiger partial charge in [-0.3, -0.25) is 4.79 Å². The fourth-order valence-electron chi connectivity index (χ4n) is 2.10. The molecule has 2 aromatic heterocycles. The zero-order chi connectivity index (χ0) is 16.4. The van der Waals surface area contributed by atoms with Crippen LogP contribution in [0.2, 0.25) is 0 Å². The van der Waals surface area contributed by atoms with Gasteiger partial charge in [-0.25, -0.2) is 23.3 Å². The standard InChI is InChI=1S/C15H14FN5O2/c1-10-3-4-11(7-12(10)16)8-18-13(22)9-21-15(23)20-6-2-5-17-14(20)19-21/h2-7H,8-9H2,1H3,(H,18,22). The number of carbonyl (C=O) groups is 1. The van der Waals surface area contributed by atoms with Gasteiger partial charge in [0.1, 0.15) is 12.4 Å². The van der Waals surface area contributed by atoms with Crippen molar-refractivity contribution >= 4 is 11.7 Å². The number of nitrogens with one attached hydrogen (secondary N) is 1. The lowest BCUT2D eigenvalue weighted by molar-refractivity contribution is -0.122. The number of hydrogen-bond acceptors (Lipinski definition) is 4. The number of halogens is 1. The average Bonchev–Trinajstić information content (AvgIpc) is 2.85. The Morgan fingerprint density at radius 3 is 2.96 bits per heavy atom. The Labute approximate surface area is 130 Å². The predicted octanol–water partition coefficient (Wildman–Crippen LogP) is 0.655. The molecule has 1 N–H and O–H groups in total. The highest BCUT2D eigenvalue weighted by molar-refractivity contribution is 5.75. The number of carbonyl (C=O) groups excluding carboxylic acids is 1. The van der Waals surface area contributed by atoms with Crippen LogP contribution in [0.25, 0.3) is 5.78 Å². The van der Waals surface area contributed by atoms with Crippen LogP contribution in [0, 0.1) is 12.7 Å². The highest BCUT2D eigenvalue weighted by Crippen LogP contribution is 2.08. The molecule has 0 radical (unpaired) electrons. The third-order valence-electron chi connectivity index (χ3n) is 3.38. The minimum absolute atomic E-state index is 0.177. The summed E-state index contributed by atoms with van der Waals surface area (Å²) in [7, 11) is 0. The summed E-state index contributed by atoms with van der Waals surface area (Å²) in [5.74, 6) is -0.484. The first kappa shape index (κ1) is 14.9. The third kappa shape index (κ3) is 3.10. The molecule has 7 nitrogen and oxygen atoms in total. The van der Waals surface area contributed by atoms with Gasteiger partial charge >= 0.3 is 5.69 Å². The fourth-order valence-corrected chi connectivity index (χ4v) is 2.10. The monoisotopic (exact) mass is 315 g/mol. The lowest BCUT2D eigenvalue weighted by atomic mass is 10.1. The van der Waals surface area contributed by atoms with Crippen LogP contribution in [0.4, 0.5) is 4.39 Å². The maximum absolute atomic E-state index is 13.4. The SMILES string of the molecule is Cc1ccc(CNC(=O)Cn2nc3ncccn3c2=O)cc1F. The quantitative estimate of drug-likeness (QED) is 0.767. The molecule has 0 spiro atoms. The van der Waals surface area contributed by atoms with Crippen molar-refractivity contribution in [2.75, 3.05) is 0 Å². The minimum Gasteiger partial charge on any atom is -0.350 e. The molecule has 0 fully saturated rings. The summed E-state index contributed by atoms with van der Waals surface area (Å²) in [4.78, 5) is 27.9. The van der Waals surface area contributed by atoms with Crippen molar-refractivity contribution in [3.63, 3.8) is 0 Å². The van der Waals surface area contributed by atoms with Crippen LogP contribution in [0.3, 0.4) is 0 Å². The molecule has 0 saturated heterocycles. The van der Waals surface area contributed by atoms with E-state index in [4.69, 9.17) is 0 Å². The van der Waals surface area contributed by atoms with Crippen molar-refractivity contribution in [1.82, 2.24) is 24.5 Å². The van der Waals surface area contributed by atoms with Crippen LogP contribution in [0.15, 0.2) is 41.5 Å². The Morgan fingerprint density at radius 1 is 1.39 bits per heavy atom. The maximum atomic E-state index is 13.4. The number of hydrogen-bond donors (Lipinski definition) is 1. The van der Waals surface area contributed by atoms with Gasteiger partial charge in [0, 0.05) is 18.9 Å². The van der Waals surface area contributed by atoms with Gasteiger partial charge < -0.3 is 5.32 Å². The molecule has 1 aromatic carbocycles. The van der Waals surface area contributed by atoms with Gasteiger partial charge in [0.15, 0.2) is 0 Å². The van der Waals surface area contributed by atoms with Gasteiger partial charge in [-0.2, -0.15) is 0 Å². The highest BCUT2D eigenvalue weighted by Gasteiger charge is 2.11.